The second kappa shape index (κ2) is 6.10. The average molecular weight is 334 g/mol. The van der Waals surface area contributed by atoms with Gasteiger partial charge in [-0.3, -0.25) is 0 Å². The number of methoxy groups -OCH3 is 2. The summed E-state index contributed by atoms with van der Waals surface area (Å²) >= 11 is 1.15. The van der Waals surface area contributed by atoms with E-state index >= 15 is 0 Å². The number of anilines is 2. The van der Waals surface area contributed by atoms with Gasteiger partial charge in [0.15, 0.2) is 5.75 Å². The molecular formula is C12H18N2O5S2. The summed E-state index contributed by atoms with van der Waals surface area (Å²) in [6.45, 7) is 0. The normalized spacial score (nSPS) is 18.2. The third-order valence-electron chi connectivity index (χ3n) is 3.36. The number of ether oxygens (including phenoxy) is 2. The first-order chi connectivity index (χ1) is 9.88. The molecule has 0 aliphatic carbocycles. The Bertz CT molecular complexity index is 624. The van der Waals surface area contributed by atoms with Crippen molar-refractivity contribution in [3.05, 3.63) is 4.88 Å². The van der Waals surface area contributed by atoms with Gasteiger partial charge in [0.25, 0.3) is 0 Å². The Kier molecular flexibility index (Phi) is 4.62. The number of nitrogens with one attached hydrogen (secondary N) is 1. The second-order valence-electron chi connectivity index (χ2n) is 4.77. The van der Waals surface area contributed by atoms with Crippen LogP contribution < -0.4 is 15.8 Å². The average Bonchev–Trinajstić information content (AvgIpc) is 2.76. The van der Waals surface area contributed by atoms with Gasteiger partial charge in [-0.25, -0.2) is 13.2 Å². The van der Waals surface area contributed by atoms with Gasteiger partial charge in [0.2, 0.25) is 0 Å². The molecule has 0 saturated carbocycles. The number of nitrogen functional groups attached to an aromatic ring is 1. The topological polar surface area (TPSA) is 108 Å². The molecule has 118 valence electrons. The number of hydrogen-bond donors (Lipinski definition) is 2. The summed E-state index contributed by atoms with van der Waals surface area (Å²) in [6, 6.07) is 0.0194. The highest BCUT2D eigenvalue weighted by atomic mass is 32.2. The maximum Gasteiger partial charge on any atom is 0.350 e. The number of nitrogens with two attached hydrogens (primary N) is 1. The molecule has 2 rings (SSSR count). The zero-order valence-corrected chi connectivity index (χ0v) is 13.5. The predicted molar refractivity (Wildman–Crippen MR) is 81.9 cm³/mol. The van der Waals surface area contributed by atoms with Gasteiger partial charge in [-0.15, -0.1) is 11.3 Å². The van der Waals surface area contributed by atoms with E-state index < -0.39 is 15.8 Å². The van der Waals surface area contributed by atoms with Crippen LogP contribution in [0.25, 0.3) is 0 Å². The van der Waals surface area contributed by atoms with Gasteiger partial charge < -0.3 is 20.5 Å². The van der Waals surface area contributed by atoms with Gasteiger partial charge in [-0.05, 0) is 12.8 Å². The van der Waals surface area contributed by atoms with Crippen molar-refractivity contribution in [2.24, 2.45) is 0 Å². The van der Waals surface area contributed by atoms with Crippen LogP contribution in [0, 0.1) is 0 Å². The third-order valence-corrected chi connectivity index (χ3v) is 6.18. The minimum Gasteiger partial charge on any atom is -0.492 e. The van der Waals surface area contributed by atoms with E-state index in [1.165, 1.54) is 14.2 Å². The van der Waals surface area contributed by atoms with E-state index in [4.69, 9.17) is 10.5 Å². The molecule has 0 bridgehead atoms. The fourth-order valence-electron chi connectivity index (χ4n) is 2.19. The van der Waals surface area contributed by atoms with E-state index in [1.54, 1.807) is 0 Å². The lowest BCUT2D eigenvalue weighted by atomic mass is 10.1. The van der Waals surface area contributed by atoms with Crippen molar-refractivity contribution in [1.29, 1.82) is 0 Å². The van der Waals surface area contributed by atoms with Gasteiger partial charge in [0.05, 0.1) is 25.7 Å². The van der Waals surface area contributed by atoms with Gasteiger partial charge >= 0.3 is 5.97 Å². The number of thiophene rings is 1. The first kappa shape index (κ1) is 15.9. The van der Waals surface area contributed by atoms with E-state index in [-0.39, 0.29) is 28.1 Å². The van der Waals surface area contributed by atoms with E-state index in [0.29, 0.717) is 23.6 Å². The molecule has 1 aromatic heterocycles. The minimum atomic E-state index is -2.91. The summed E-state index contributed by atoms with van der Waals surface area (Å²) in [5, 5.41) is 3.84. The Morgan fingerprint density at radius 3 is 2.48 bits per heavy atom. The van der Waals surface area contributed by atoms with E-state index in [9.17, 15) is 13.2 Å². The molecule has 0 spiro atoms. The zero-order valence-electron chi connectivity index (χ0n) is 11.8. The number of rotatable bonds is 4. The Hall–Kier alpha value is -1.48. The maximum atomic E-state index is 11.6. The Balaban J connectivity index is 2.18. The molecule has 0 amide bonds. The highest BCUT2D eigenvalue weighted by Gasteiger charge is 2.27. The van der Waals surface area contributed by atoms with Crippen molar-refractivity contribution in [3.8, 4) is 5.75 Å². The zero-order chi connectivity index (χ0) is 15.6. The summed E-state index contributed by atoms with van der Waals surface area (Å²) in [6.07, 6.45) is 1.05. The summed E-state index contributed by atoms with van der Waals surface area (Å²) in [7, 11) is -0.158. The van der Waals surface area contributed by atoms with Crippen LogP contribution in [0.15, 0.2) is 0 Å². The van der Waals surface area contributed by atoms with Crippen LogP contribution in [0.1, 0.15) is 22.5 Å². The second-order valence-corrected chi connectivity index (χ2v) is 8.09. The molecule has 1 saturated heterocycles. The smallest absolute Gasteiger partial charge is 0.350 e. The molecule has 1 aromatic rings. The van der Waals surface area contributed by atoms with Crippen molar-refractivity contribution in [2.75, 3.05) is 36.8 Å². The standard InChI is InChI=1S/C12H18N2O5S2/c1-18-9-8(13)10(12(15)19-2)20-11(9)14-7-3-5-21(16,17)6-4-7/h7,14H,3-6,13H2,1-2H3. The van der Waals surface area contributed by atoms with Crippen molar-refractivity contribution >= 4 is 37.8 Å². The van der Waals surface area contributed by atoms with Crippen LogP contribution in [0.5, 0.6) is 5.75 Å². The number of sulfone groups is 1. The summed E-state index contributed by atoms with van der Waals surface area (Å²) in [5.74, 6) is 0.207. The van der Waals surface area contributed by atoms with Gasteiger partial charge in [0.1, 0.15) is 25.4 Å². The molecule has 0 atom stereocenters. The SMILES string of the molecule is COC(=O)c1sc(NC2CCS(=O)(=O)CC2)c(OC)c1N. The molecule has 2 heterocycles. The number of carbonyl (C=O) groups excluding carboxylic acids is 1. The van der Waals surface area contributed by atoms with Crippen LogP contribution in [0.3, 0.4) is 0 Å². The van der Waals surface area contributed by atoms with Crippen molar-refractivity contribution in [1.82, 2.24) is 0 Å². The fraction of sp³-hybridized carbons (Fsp3) is 0.583. The quantitative estimate of drug-likeness (QED) is 0.794. The molecular weight excluding hydrogens is 316 g/mol. The Labute approximate surface area is 127 Å². The van der Waals surface area contributed by atoms with Crippen LogP contribution in [0.2, 0.25) is 0 Å². The summed E-state index contributed by atoms with van der Waals surface area (Å²) in [5.41, 5.74) is 6.12. The molecule has 1 aliphatic heterocycles. The van der Waals surface area contributed by atoms with Crippen LogP contribution in [-0.2, 0) is 14.6 Å². The first-order valence-electron chi connectivity index (χ1n) is 6.39. The Morgan fingerprint density at radius 2 is 1.95 bits per heavy atom. The molecule has 7 nitrogen and oxygen atoms in total. The molecule has 21 heavy (non-hydrogen) atoms. The number of hydrogen-bond acceptors (Lipinski definition) is 8. The first-order valence-corrected chi connectivity index (χ1v) is 9.03. The van der Waals surface area contributed by atoms with Crippen LogP contribution in [0.4, 0.5) is 10.7 Å². The van der Waals surface area contributed by atoms with Gasteiger partial charge in [-0.2, -0.15) is 0 Å². The lowest BCUT2D eigenvalue weighted by Crippen LogP contribution is -2.31. The highest BCUT2D eigenvalue weighted by molar-refractivity contribution is 7.91. The van der Waals surface area contributed by atoms with E-state index in [1.807, 2.05) is 0 Å². The molecule has 0 radical (unpaired) electrons. The van der Waals surface area contributed by atoms with Crippen LogP contribution >= 0.6 is 11.3 Å². The number of esters is 1. The largest absolute Gasteiger partial charge is 0.492 e. The van der Waals surface area contributed by atoms with Crippen molar-refractivity contribution in [3.63, 3.8) is 0 Å². The minimum absolute atomic E-state index is 0.0194. The fourth-order valence-corrected chi connectivity index (χ4v) is 4.77. The molecule has 1 fully saturated rings. The molecule has 0 aromatic carbocycles. The van der Waals surface area contributed by atoms with Crippen LogP contribution in [-0.4, -0.2) is 46.2 Å². The lowest BCUT2D eigenvalue weighted by molar-refractivity contribution is 0.0607. The van der Waals surface area contributed by atoms with Crippen molar-refractivity contribution < 1.29 is 22.7 Å². The maximum absolute atomic E-state index is 11.6. The predicted octanol–water partition coefficient (Wildman–Crippen LogP) is 1.11. The lowest BCUT2D eigenvalue weighted by Gasteiger charge is -2.23. The number of carbonyl (C=O) groups is 1. The third kappa shape index (κ3) is 3.41. The van der Waals surface area contributed by atoms with Gasteiger partial charge in [-0.1, -0.05) is 0 Å². The molecule has 0 unspecified atom stereocenters. The summed E-state index contributed by atoms with van der Waals surface area (Å²) < 4.78 is 32.8. The van der Waals surface area contributed by atoms with Crippen molar-refractivity contribution in [2.45, 2.75) is 18.9 Å². The monoisotopic (exact) mass is 334 g/mol. The molecule has 9 heteroatoms. The highest BCUT2D eigenvalue weighted by Crippen LogP contribution is 2.43. The van der Waals surface area contributed by atoms with Gasteiger partial charge in [0, 0.05) is 6.04 Å². The Morgan fingerprint density at radius 1 is 1.33 bits per heavy atom. The summed E-state index contributed by atoms with van der Waals surface area (Å²) in [4.78, 5) is 11.9. The van der Waals surface area contributed by atoms with E-state index in [0.717, 1.165) is 11.3 Å². The molecule has 1 aliphatic rings. The molecule has 3 N–H and O–H groups in total. The van der Waals surface area contributed by atoms with E-state index in [2.05, 4.69) is 10.1 Å².